The van der Waals surface area contributed by atoms with Crippen molar-refractivity contribution in [3.05, 3.63) is 44.7 Å². The Balaban J connectivity index is 2.39. The standard InChI is InChI=1S/C14H15BrN2O3/c1-8(7-18)6-16-14(20)11-5-13(19)17-12-3-2-9(15)4-10(11)12/h2-5,8,18H,6-7H2,1H3,(H,16,20)(H,17,19). The zero-order chi connectivity index (χ0) is 14.7. The summed E-state index contributed by atoms with van der Waals surface area (Å²) in [6, 6.07) is 6.62. The van der Waals surface area contributed by atoms with Gasteiger partial charge in [-0.2, -0.15) is 0 Å². The third-order valence-corrected chi connectivity index (χ3v) is 3.47. The lowest BCUT2D eigenvalue weighted by atomic mass is 10.1. The Morgan fingerprint density at radius 2 is 2.20 bits per heavy atom. The number of aromatic amines is 1. The predicted molar refractivity (Wildman–Crippen MR) is 80.9 cm³/mol. The number of hydrogen-bond donors (Lipinski definition) is 3. The van der Waals surface area contributed by atoms with Gasteiger partial charge in [-0.3, -0.25) is 9.59 Å². The van der Waals surface area contributed by atoms with E-state index in [9.17, 15) is 9.59 Å². The molecule has 106 valence electrons. The molecule has 1 unspecified atom stereocenters. The summed E-state index contributed by atoms with van der Waals surface area (Å²) in [5.41, 5.74) is 0.622. The number of hydrogen-bond acceptors (Lipinski definition) is 3. The molecule has 1 heterocycles. The molecule has 5 nitrogen and oxygen atoms in total. The largest absolute Gasteiger partial charge is 0.396 e. The lowest BCUT2D eigenvalue weighted by Crippen LogP contribution is -2.30. The van der Waals surface area contributed by atoms with Gasteiger partial charge in [0.05, 0.1) is 5.56 Å². The van der Waals surface area contributed by atoms with Crippen molar-refractivity contribution < 1.29 is 9.90 Å². The van der Waals surface area contributed by atoms with Crippen molar-refractivity contribution in [3.8, 4) is 0 Å². The van der Waals surface area contributed by atoms with Gasteiger partial charge in [-0.25, -0.2) is 0 Å². The molecule has 1 atom stereocenters. The first-order valence-electron chi connectivity index (χ1n) is 6.23. The second kappa shape index (κ2) is 6.19. The molecule has 0 radical (unpaired) electrons. The summed E-state index contributed by atoms with van der Waals surface area (Å²) in [7, 11) is 0. The first-order chi connectivity index (χ1) is 9.51. The fourth-order valence-corrected chi connectivity index (χ4v) is 2.20. The summed E-state index contributed by atoms with van der Waals surface area (Å²) < 4.78 is 0.829. The van der Waals surface area contributed by atoms with Crippen LogP contribution in [0.2, 0.25) is 0 Å². The Morgan fingerprint density at radius 3 is 2.90 bits per heavy atom. The quantitative estimate of drug-likeness (QED) is 0.792. The molecule has 1 aromatic heterocycles. The second-order valence-electron chi connectivity index (χ2n) is 4.73. The van der Waals surface area contributed by atoms with Crippen molar-refractivity contribution in [1.29, 1.82) is 0 Å². The van der Waals surface area contributed by atoms with Crippen LogP contribution >= 0.6 is 15.9 Å². The first kappa shape index (κ1) is 14.7. The van der Waals surface area contributed by atoms with Gasteiger partial charge in [-0.15, -0.1) is 0 Å². The highest BCUT2D eigenvalue weighted by Crippen LogP contribution is 2.20. The minimum Gasteiger partial charge on any atom is -0.396 e. The smallest absolute Gasteiger partial charge is 0.252 e. The Hall–Kier alpha value is -1.66. The number of pyridine rings is 1. The molecule has 2 aromatic rings. The number of benzene rings is 1. The third-order valence-electron chi connectivity index (χ3n) is 2.97. The molecule has 0 saturated carbocycles. The van der Waals surface area contributed by atoms with Gasteiger partial charge in [-0.1, -0.05) is 22.9 Å². The normalized spacial score (nSPS) is 12.3. The molecule has 2 rings (SSSR count). The fraction of sp³-hybridized carbons (Fsp3) is 0.286. The Morgan fingerprint density at radius 1 is 1.45 bits per heavy atom. The van der Waals surface area contributed by atoms with Crippen molar-refractivity contribution in [2.75, 3.05) is 13.2 Å². The number of fused-ring (bicyclic) bond motifs is 1. The fourth-order valence-electron chi connectivity index (χ4n) is 1.84. The number of nitrogens with one attached hydrogen (secondary N) is 2. The molecule has 0 bridgehead atoms. The molecule has 3 N–H and O–H groups in total. The molecule has 0 aliphatic rings. The van der Waals surface area contributed by atoms with E-state index < -0.39 is 0 Å². The van der Waals surface area contributed by atoms with Crippen LogP contribution in [-0.2, 0) is 0 Å². The second-order valence-corrected chi connectivity index (χ2v) is 5.65. The van der Waals surface area contributed by atoms with Crippen LogP contribution in [-0.4, -0.2) is 29.1 Å². The van der Waals surface area contributed by atoms with E-state index in [-0.39, 0.29) is 24.0 Å². The van der Waals surface area contributed by atoms with Gasteiger partial charge >= 0.3 is 0 Å². The topological polar surface area (TPSA) is 82.2 Å². The molecule has 1 amide bonds. The number of aliphatic hydroxyl groups excluding tert-OH is 1. The van der Waals surface area contributed by atoms with Crippen LogP contribution in [0.5, 0.6) is 0 Å². The number of aliphatic hydroxyl groups is 1. The SMILES string of the molecule is CC(CO)CNC(=O)c1cc(=O)[nH]c2ccc(Br)cc12. The van der Waals surface area contributed by atoms with Gasteiger partial charge in [0.1, 0.15) is 0 Å². The number of amides is 1. The van der Waals surface area contributed by atoms with E-state index in [1.807, 2.05) is 6.92 Å². The number of H-pyrrole nitrogens is 1. The molecule has 0 saturated heterocycles. The maximum absolute atomic E-state index is 12.2. The highest BCUT2D eigenvalue weighted by molar-refractivity contribution is 9.10. The van der Waals surface area contributed by atoms with Crippen molar-refractivity contribution >= 4 is 32.7 Å². The summed E-state index contributed by atoms with van der Waals surface area (Å²) in [5.74, 6) is -0.349. The molecule has 0 fully saturated rings. The average molecular weight is 339 g/mol. The van der Waals surface area contributed by atoms with Crippen molar-refractivity contribution in [3.63, 3.8) is 0 Å². The summed E-state index contributed by atoms with van der Waals surface area (Å²) in [6.07, 6.45) is 0. The number of halogens is 1. The van der Waals surface area contributed by atoms with Gasteiger partial charge in [0, 0.05) is 34.6 Å². The zero-order valence-electron chi connectivity index (χ0n) is 10.9. The van der Waals surface area contributed by atoms with E-state index in [0.717, 1.165) is 4.47 Å². The Bertz CT molecular complexity index is 696. The summed E-state index contributed by atoms with van der Waals surface area (Å²) in [6.45, 7) is 2.19. The van der Waals surface area contributed by atoms with E-state index >= 15 is 0 Å². The van der Waals surface area contributed by atoms with Gasteiger partial charge in [0.2, 0.25) is 5.56 Å². The van der Waals surface area contributed by atoms with Gasteiger partial charge < -0.3 is 15.4 Å². The van der Waals surface area contributed by atoms with Crippen LogP contribution < -0.4 is 10.9 Å². The van der Waals surface area contributed by atoms with E-state index in [4.69, 9.17) is 5.11 Å². The first-order valence-corrected chi connectivity index (χ1v) is 7.02. The molecular formula is C14H15BrN2O3. The maximum atomic E-state index is 12.2. The highest BCUT2D eigenvalue weighted by atomic mass is 79.9. The minimum atomic E-state index is -0.320. The monoisotopic (exact) mass is 338 g/mol. The lowest BCUT2D eigenvalue weighted by molar-refractivity contribution is 0.0944. The van der Waals surface area contributed by atoms with Crippen molar-refractivity contribution in [2.24, 2.45) is 5.92 Å². The maximum Gasteiger partial charge on any atom is 0.252 e. The number of rotatable bonds is 4. The highest BCUT2D eigenvalue weighted by Gasteiger charge is 2.13. The van der Waals surface area contributed by atoms with Crippen LogP contribution in [0.15, 0.2) is 33.5 Å². The predicted octanol–water partition coefficient (Wildman–Crippen LogP) is 1.65. The molecule has 0 spiro atoms. The minimum absolute atomic E-state index is 0.00193. The lowest BCUT2D eigenvalue weighted by Gasteiger charge is -2.11. The van der Waals surface area contributed by atoms with E-state index in [0.29, 0.717) is 23.0 Å². The van der Waals surface area contributed by atoms with Crippen LogP contribution in [0, 0.1) is 5.92 Å². The van der Waals surface area contributed by atoms with Gasteiger partial charge in [0.15, 0.2) is 0 Å². The van der Waals surface area contributed by atoms with Crippen LogP contribution in [0.1, 0.15) is 17.3 Å². The van der Waals surface area contributed by atoms with Crippen LogP contribution in [0.25, 0.3) is 10.9 Å². The molecule has 0 aliphatic heterocycles. The van der Waals surface area contributed by atoms with Crippen molar-refractivity contribution in [2.45, 2.75) is 6.92 Å². The summed E-state index contributed by atoms with van der Waals surface area (Å²) in [4.78, 5) is 26.5. The zero-order valence-corrected chi connectivity index (χ0v) is 12.5. The van der Waals surface area contributed by atoms with Crippen LogP contribution in [0.4, 0.5) is 0 Å². The molecule has 20 heavy (non-hydrogen) atoms. The van der Waals surface area contributed by atoms with E-state index in [1.54, 1.807) is 18.2 Å². The number of carbonyl (C=O) groups excluding carboxylic acids is 1. The van der Waals surface area contributed by atoms with Gasteiger partial charge in [0.25, 0.3) is 5.91 Å². The summed E-state index contributed by atoms with van der Waals surface area (Å²) >= 11 is 3.35. The number of aromatic nitrogens is 1. The van der Waals surface area contributed by atoms with Crippen LogP contribution in [0.3, 0.4) is 0 Å². The summed E-state index contributed by atoms with van der Waals surface area (Å²) in [5, 5.41) is 12.4. The Kier molecular flexibility index (Phi) is 4.57. The molecule has 0 aliphatic carbocycles. The molecule has 6 heteroatoms. The van der Waals surface area contributed by atoms with E-state index in [1.165, 1.54) is 6.07 Å². The van der Waals surface area contributed by atoms with E-state index in [2.05, 4.69) is 26.2 Å². The third kappa shape index (κ3) is 3.26. The molecular weight excluding hydrogens is 324 g/mol. The average Bonchev–Trinajstić information content (AvgIpc) is 2.43. The molecule has 1 aromatic carbocycles. The number of carbonyl (C=O) groups is 1. The van der Waals surface area contributed by atoms with Crippen molar-refractivity contribution in [1.82, 2.24) is 10.3 Å². The Labute approximate surface area is 124 Å². The van der Waals surface area contributed by atoms with Gasteiger partial charge in [-0.05, 0) is 24.1 Å².